The molecule has 1 aromatic heterocycles. The van der Waals surface area contributed by atoms with Gasteiger partial charge >= 0.3 is 12.0 Å². The molecule has 1 aliphatic heterocycles. The van der Waals surface area contributed by atoms with Crippen LogP contribution in [0, 0.1) is 11.8 Å². The average molecular weight is 348 g/mol. The summed E-state index contributed by atoms with van der Waals surface area (Å²) in [4.78, 5) is 25.6. The van der Waals surface area contributed by atoms with E-state index in [2.05, 4.69) is 24.3 Å². The molecule has 1 fully saturated rings. The number of aromatic nitrogens is 2. The largest absolute Gasteiger partial charge is 0.481 e. The number of amides is 2. The normalized spacial score (nSPS) is 26.4. The van der Waals surface area contributed by atoms with Crippen molar-refractivity contribution < 1.29 is 14.7 Å². The lowest BCUT2D eigenvalue weighted by atomic mass is 9.90. The van der Waals surface area contributed by atoms with Crippen molar-refractivity contribution in [2.45, 2.75) is 58.5 Å². The molecule has 2 heterocycles. The lowest BCUT2D eigenvalue weighted by Crippen LogP contribution is -2.52. The van der Waals surface area contributed by atoms with Gasteiger partial charge in [0.15, 0.2) is 0 Å². The molecule has 3 unspecified atom stereocenters. The third-order valence-corrected chi connectivity index (χ3v) is 5.30. The molecule has 3 atom stereocenters. The molecule has 1 aliphatic carbocycles. The van der Waals surface area contributed by atoms with Crippen molar-refractivity contribution in [3.63, 3.8) is 0 Å². The highest BCUT2D eigenvalue weighted by molar-refractivity contribution is 5.77. The Balaban J connectivity index is 1.63. The van der Waals surface area contributed by atoms with E-state index in [1.807, 2.05) is 17.8 Å². The zero-order chi connectivity index (χ0) is 18.1. The molecule has 3 rings (SSSR count). The molecule has 0 saturated carbocycles. The Morgan fingerprint density at radius 2 is 2.12 bits per heavy atom. The van der Waals surface area contributed by atoms with Crippen molar-refractivity contribution in [2.24, 2.45) is 11.8 Å². The smallest absolute Gasteiger partial charge is 0.317 e. The van der Waals surface area contributed by atoms with Crippen LogP contribution in [0.2, 0.25) is 0 Å². The second-order valence-corrected chi connectivity index (χ2v) is 7.83. The fraction of sp³-hybridized carbons (Fsp3) is 0.722. The van der Waals surface area contributed by atoms with Gasteiger partial charge in [0.2, 0.25) is 0 Å². The number of carboxylic acids is 1. The van der Waals surface area contributed by atoms with Crippen molar-refractivity contribution in [1.82, 2.24) is 20.0 Å². The SMILES string of the molecule is CC1CC(C(=O)O)CN(C(=O)NC2CCc3cnn(C(C)C)c3C2)C1. The van der Waals surface area contributed by atoms with Crippen molar-refractivity contribution in [3.8, 4) is 0 Å². The average Bonchev–Trinajstić information content (AvgIpc) is 2.97. The molecule has 7 heteroatoms. The maximum atomic E-state index is 12.6. The zero-order valence-electron chi connectivity index (χ0n) is 15.2. The Morgan fingerprint density at radius 1 is 1.36 bits per heavy atom. The number of carboxylic acid groups (broad SMARTS) is 1. The summed E-state index contributed by atoms with van der Waals surface area (Å²) < 4.78 is 2.04. The van der Waals surface area contributed by atoms with Gasteiger partial charge in [0.05, 0.1) is 12.1 Å². The fourth-order valence-electron chi connectivity index (χ4n) is 4.05. The van der Waals surface area contributed by atoms with Gasteiger partial charge in [-0.15, -0.1) is 0 Å². The minimum absolute atomic E-state index is 0.0784. The van der Waals surface area contributed by atoms with Crippen LogP contribution in [0.1, 0.15) is 50.9 Å². The van der Waals surface area contributed by atoms with E-state index in [0.717, 1.165) is 19.3 Å². The third kappa shape index (κ3) is 3.80. The minimum atomic E-state index is -0.813. The third-order valence-electron chi connectivity index (χ3n) is 5.30. The van der Waals surface area contributed by atoms with Gasteiger partial charge in [-0.2, -0.15) is 5.10 Å². The molecule has 0 radical (unpaired) electrons. The molecule has 2 N–H and O–H groups in total. The first-order valence-electron chi connectivity index (χ1n) is 9.18. The number of aliphatic carboxylic acids is 1. The van der Waals surface area contributed by atoms with E-state index in [1.54, 1.807) is 4.90 Å². The van der Waals surface area contributed by atoms with E-state index < -0.39 is 11.9 Å². The van der Waals surface area contributed by atoms with Gasteiger partial charge in [0.25, 0.3) is 0 Å². The summed E-state index contributed by atoms with van der Waals surface area (Å²) in [5, 5.41) is 16.9. The quantitative estimate of drug-likeness (QED) is 0.875. The Bertz CT molecular complexity index is 655. The van der Waals surface area contributed by atoms with E-state index in [-0.39, 0.29) is 18.0 Å². The summed E-state index contributed by atoms with van der Waals surface area (Å²) >= 11 is 0. The van der Waals surface area contributed by atoms with Crippen LogP contribution in [0.4, 0.5) is 4.79 Å². The number of piperidine rings is 1. The first kappa shape index (κ1) is 17.8. The molecule has 2 amide bonds. The van der Waals surface area contributed by atoms with Crippen LogP contribution in [0.5, 0.6) is 0 Å². The minimum Gasteiger partial charge on any atom is -0.481 e. The topological polar surface area (TPSA) is 87.5 Å². The number of hydrogen-bond acceptors (Lipinski definition) is 3. The van der Waals surface area contributed by atoms with E-state index >= 15 is 0 Å². The van der Waals surface area contributed by atoms with Gasteiger partial charge in [-0.25, -0.2) is 4.79 Å². The fourth-order valence-corrected chi connectivity index (χ4v) is 4.05. The van der Waals surface area contributed by atoms with Crippen LogP contribution in [-0.2, 0) is 17.6 Å². The number of carbonyl (C=O) groups is 2. The Kier molecular flexibility index (Phi) is 5.01. The second-order valence-electron chi connectivity index (χ2n) is 7.83. The van der Waals surface area contributed by atoms with Crippen LogP contribution in [-0.4, -0.2) is 50.9 Å². The molecule has 2 aliphatic rings. The molecule has 0 spiro atoms. The van der Waals surface area contributed by atoms with E-state index in [1.165, 1.54) is 11.3 Å². The van der Waals surface area contributed by atoms with Gasteiger partial charge in [0.1, 0.15) is 0 Å². The standard InChI is InChI=1S/C18H28N4O3/c1-11(2)22-16-7-15(5-4-13(16)8-19-22)20-18(25)21-9-12(3)6-14(10-21)17(23)24/h8,11-12,14-15H,4-7,9-10H2,1-3H3,(H,20,25)(H,23,24). The molecule has 1 saturated heterocycles. The van der Waals surface area contributed by atoms with Crippen molar-refractivity contribution in [2.75, 3.05) is 13.1 Å². The number of fused-ring (bicyclic) bond motifs is 1. The van der Waals surface area contributed by atoms with Crippen LogP contribution in [0.25, 0.3) is 0 Å². The molecule has 1 aromatic rings. The maximum absolute atomic E-state index is 12.6. The molecule has 25 heavy (non-hydrogen) atoms. The van der Waals surface area contributed by atoms with Crippen molar-refractivity contribution in [1.29, 1.82) is 0 Å². The number of nitrogens with one attached hydrogen (secondary N) is 1. The molecule has 0 aromatic carbocycles. The second kappa shape index (κ2) is 7.06. The van der Waals surface area contributed by atoms with Gasteiger partial charge in [-0.3, -0.25) is 9.48 Å². The van der Waals surface area contributed by atoms with Crippen molar-refractivity contribution in [3.05, 3.63) is 17.5 Å². The van der Waals surface area contributed by atoms with E-state index in [0.29, 0.717) is 25.6 Å². The lowest BCUT2D eigenvalue weighted by molar-refractivity contribution is -0.143. The van der Waals surface area contributed by atoms with E-state index in [9.17, 15) is 14.7 Å². The molecular formula is C18H28N4O3. The Labute approximate surface area is 148 Å². The summed E-state index contributed by atoms with van der Waals surface area (Å²) in [6.45, 7) is 7.14. The summed E-state index contributed by atoms with van der Waals surface area (Å²) in [5.74, 6) is -1.07. The highest BCUT2D eigenvalue weighted by Gasteiger charge is 2.33. The van der Waals surface area contributed by atoms with Crippen LogP contribution in [0.15, 0.2) is 6.20 Å². The number of aryl methyl sites for hydroxylation is 1. The molecular weight excluding hydrogens is 320 g/mol. The summed E-state index contributed by atoms with van der Waals surface area (Å²) in [7, 11) is 0. The van der Waals surface area contributed by atoms with Gasteiger partial charge in [-0.1, -0.05) is 6.92 Å². The van der Waals surface area contributed by atoms with Gasteiger partial charge in [0, 0.05) is 37.3 Å². The predicted molar refractivity (Wildman–Crippen MR) is 93.4 cm³/mol. The van der Waals surface area contributed by atoms with E-state index in [4.69, 9.17) is 0 Å². The number of carbonyl (C=O) groups excluding carboxylic acids is 1. The monoisotopic (exact) mass is 348 g/mol. The van der Waals surface area contributed by atoms with Crippen LogP contribution in [0.3, 0.4) is 0 Å². The van der Waals surface area contributed by atoms with Gasteiger partial charge in [-0.05, 0) is 44.6 Å². The number of rotatable bonds is 3. The summed E-state index contributed by atoms with van der Waals surface area (Å²) in [6.07, 6.45) is 5.18. The lowest BCUT2D eigenvalue weighted by Gasteiger charge is -2.36. The highest BCUT2D eigenvalue weighted by Crippen LogP contribution is 2.25. The van der Waals surface area contributed by atoms with Crippen molar-refractivity contribution >= 4 is 12.0 Å². The molecule has 0 bridgehead atoms. The molecule has 138 valence electrons. The highest BCUT2D eigenvalue weighted by atomic mass is 16.4. The first-order chi connectivity index (χ1) is 11.8. The Hall–Kier alpha value is -2.05. The van der Waals surface area contributed by atoms with Crippen LogP contribution >= 0.6 is 0 Å². The number of likely N-dealkylation sites (tertiary alicyclic amines) is 1. The number of hydrogen-bond donors (Lipinski definition) is 2. The number of urea groups is 1. The summed E-state index contributed by atoms with van der Waals surface area (Å²) in [5.41, 5.74) is 2.48. The predicted octanol–water partition coefficient (Wildman–Crippen LogP) is 2.07. The molecule has 7 nitrogen and oxygen atoms in total. The summed E-state index contributed by atoms with van der Waals surface area (Å²) in [6, 6.07) is 0.244. The van der Waals surface area contributed by atoms with Crippen LogP contribution < -0.4 is 5.32 Å². The first-order valence-corrected chi connectivity index (χ1v) is 9.18. The Morgan fingerprint density at radius 3 is 2.80 bits per heavy atom. The number of nitrogens with zero attached hydrogens (tertiary/aromatic N) is 3. The maximum Gasteiger partial charge on any atom is 0.317 e. The van der Waals surface area contributed by atoms with Gasteiger partial charge < -0.3 is 15.3 Å². The zero-order valence-corrected chi connectivity index (χ0v) is 15.2.